The maximum Gasteiger partial charge on any atom is 0.118 e. The van der Waals surface area contributed by atoms with E-state index in [1.165, 1.54) is 36.0 Å². The summed E-state index contributed by atoms with van der Waals surface area (Å²) in [7, 11) is 0. The van der Waals surface area contributed by atoms with Gasteiger partial charge in [0.1, 0.15) is 11.5 Å². The van der Waals surface area contributed by atoms with Crippen LogP contribution in [0, 0.1) is 31.6 Å². The topological polar surface area (TPSA) is 40.5 Å². The Balaban J connectivity index is 0.00000231. The maximum absolute atomic E-state index is 10.4. The van der Waals surface area contributed by atoms with E-state index >= 15 is 0 Å². The van der Waals surface area contributed by atoms with Crippen LogP contribution in [0.2, 0.25) is 0 Å². The van der Waals surface area contributed by atoms with Gasteiger partial charge in [-0.1, -0.05) is 62.0 Å². The van der Waals surface area contributed by atoms with Gasteiger partial charge in [0, 0.05) is 5.92 Å². The van der Waals surface area contributed by atoms with Gasteiger partial charge in [-0.05, 0) is 96.7 Å². The lowest BCUT2D eigenvalue weighted by molar-refractivity contribution is 0.279. The summed E-state index contributed by atoms with van der Waals surface area (Å²) in [5.74, 6) is 3.66. The number of benzene rings is 3. The lowest BCUT2D eigenvalue weighted by Crippen LogP contribution is -2.23. The SMILES string of the molecule is C.Cc1cc(C(c2ccc(C)c(O)c2)C2CC3CC2CC3c2ccccc2)ccc1O. The largest absolute Gasteiger partial charge is 0.508 e. The summed E-state index contributed by atoms with van der Waals surface area (Å²) in [5, 5.41) is 20.5. The summed E-state index contributed by atoms with van der Waals surface area (Å²) in [6.07, 6.45) is 3.78. The minimum Gasteiger partial charge on any atom is -0.508 e. The van der Waals surface area contributed by atoms with E-state index in [0.29, 0.717) is 29.3 Å². The van der Waals surface area contributed by atoms with Crippen molar-refractivity contribution in [2.24, 2.45) is 17.8 Å². The van der Waals surface area contributed by atoms with Crippen LogP contribution in [-0.4, -0.2) is 10.2 Å². The first-order valence-corrected chi connectivity index (χ1v) is 11.1. The zero-order chi connectivity index (χ0) is 20.8. The van der Waals surface area contributed by atoms with Gasteiger partial charge in [0.2, 0.25) is 0 Å². The van der Waals surface area contributed by atoms with Gasteiger partial charge in [-0.15, -0.1) is 0 Å². The number of phenols is 2. The smallest absolute Gasteiger partial charge is 0.118 e. The number of rotatable bonds is 4. The van der Waals surface area contributed by atoms with E-state index in [4.69, 9.17) is 0 Å². The third kappa shape index (κ3) is 3.84. The molecule has 2 bridgehead atoms. The molecule has 31 heavy (non-hydrogen) atoms. The highest BCUT2D eigenvalue weighted by molar-refractivity contribution is 5.45. The van der Waals surface area contributed by atoms with Gasteiger partial charge < -0.3 is 10.2 Å². The molecule has 0 radical (unpaired) electrons. The van der Waals surface area contributed by atoms with E-state index < -0.39 is 0 Å². The van der Waals surface area contributed by atoms with Gasteiger partial charge >= 0.3 is 0 Å². The van der Waals surface area contributed by atoms with Crippen LogP contribution in [0.25, 0.3) is 0 Å². The van der Waals surface area contributed by atoms with Crippen LogP contribution in [0.4, 0.5) is 0 Å². The molecular weight excluding hydrogens is 380 g/mol. The van der Waals surface area contributed by atoms with Crippen LogP contribution in [0.3, 0.4) is 0 Å². The van der Waals surface area contributed by atoms with Crippen LogP contribution >= 0.6 is 0 Å². The number of hydrogen-bond donors (Lipinski definition) is 2. The van der Waals surface area contributed by atoms with E-state index in [0.717, 1.165) is 17.0 Å². The predicted octanol–water partition coefficient (Wildman–Crippen LogP) is 7.31. The van der Waals surface area contributed by atoms with Crippen LogP contribution in [-0.2, 0) is 0 Å². The fraction of sp³-hybridized carbons (Fsp3) is 0.379. The quantitative estimate of drug-likeness (QED) is 0.470. The Morgan fingerprint density at radius 2 is 1.42 bits per heavy atom. The molecule has 2 heteroatoms. The van der Waals surface area contributed by atoms with Crippen molar-refractivity contribution in [3.63, 3.8) is 0 Å². The molecule has 0 aliphatic heterocycles. The minimum atomic E-state index is 0. The summed E-state index contributed by atoms with van der Waals surface area (Å²) < 4.78 is 0. The average molecular weight is 415 g/mol. The van der Waals surface area contributed by atoms with Crippen molar-refractivity contribution in [2.75, 3.05) is 0 Å². The van der Waals surface area contributed by atoms with E-state index in [-0.39, 0.29) is 13.3 Å². The highest BCUT2D eigenvalue weighted by Crippen LogP contribution is 2.60. The third-order valence-corrected chi connectivity index (χ3v) is 7.74. The molecule has 0 saturated heterocycles. The second-order valence-corrected chi connectivity index (χ2v) is 9.48. The van der Waals surface area contributed by atoms with Crippen molar-refractivity contribution in [3.05, 3.63) is 94.5 Å². The number of hydrogen-bond acceptors (Lipinski definition) is 2. The van der Waals surface area contributed by atoms with Crippen molar-refractivity contribution >= 4 is 0 Å². The molecule has 0 aromatic heterocycles. The molecule has 2 aliphatic rings. The highest BCUT2D eigenvalue weighted by atomic mass is 16.3. The molecule has 3 aromatic carbocycles. The fourth-order valence-electron chi connectivity index (χ4n) is 6.22. The summed E-state index contributed by atoms with van der Waals surface area (Å²) in [4.78, 5) is 0. The van der Waals surface area contributed by atoms with E-state index in [1.54, 1.807) is 0 Å². The van der Waals surface area contributed by atoms with Crippen molar-refractivity contribution in [1.82, 2.24) is 0 Å². The lowest BCUT2D eigenvalue weighted by atomic mass is 9.69. The third-order valence-electron chi connectivity index (χ3n) is 7.74. The van der Waals surface area contributed by atoms with Gasteiger partial charge in [0.05, 0.1) is 0 Å². The first-order valence-electron chi connectivity index (χ1n) is 11.1. The minimum absolute atomic E-state index is 0. The molecule has 2 fully saturated rings. The Hall–Kier alpha value is -2.74. The molecule has 0 amide bonds. The summed E-state index contributed by atoms with van der Waals surface area (Å²) in [6.45, 7) is 3.91. The Labute approximate surface area is 186 Å². The normalized spacial score (nSPS) is 25.2. The average Bonchev–Trinajstić information content (AvgIpc) is 3.35. The molecular formula is C29H34O2. The molecule has 0 spiro atoms. The number of fused-ring (bicyclic) bond motifs is 2. The first-order chi connectivity index (χ1) is 14.5. The van der Waals surface area contributed by atoms with E-state index in [1.807, 2.05) is 32.0 Å². The first kappa shape index (κ1) is 21.5. The highest BCUT2D eigenvalue weighted by Gasteiger charge is 2.49. The van der Waals surface area contributed by atoms with Crippen molar-refractivity contribution in [3.8, 4) is 11.5 Å². The van der Waals surface area contributed by atoms with Gasteiger partial charge in [-0.25, -0.2) is 0 Å². The van der Waals surface area contributed by atoms with Crippen molar-refractivity contribution < 1.29 is 10.2 Å². The molecule has 2 N–H and O–H groups in total. The second kappa shape index (κ2) is 8.42. The number of aromatic hydroxyl groups is 2. The van der Waals surface area contributed by atoms with Crippen LogP contribution in [0.5, 0.6) is 11.5 Å². The fourth-order valence-corrected chi connectivity index (χ4v) is 6.22. The predicted molar refractivity (Wildman–Crippen MR) is 128 cm³/mol. The Bertz CT molecular complexity index is 1000. The standard InChI is InChI=1S/C28H30O2.CH4/c1-17-8-9-21(16-27(17)30)28(20-10-11-26(29)18(2)12-20)25-15-22-13-23(25)14-24(22)19-6-4-3-5-7-19;/h3-12,16,22-25,28-30H,13-15H2,1-2H3;1H4. The summed E-state index contributed by atoms with van der Waals surface area (Å²) in [6, 6.07) is 23.2. The van der Waals surface area contributed by atoms with E-state index in [9.17, 15) is 10.2 Å². The zero-order valence-corrected chi connectivity index (χ0v) is 17.8. The molecule has 2 saturated carbocycles. The molecule has 2 nitrogen and oxygen atoms in total. The van der Waals surface area contributed by atoms with Gasteiger partial charge in [-0.2, -0.15) is 0 Å². The lowest BCUT2D eigenvalue weighted by Gasteiger charge is -2.35. The summed E-state index contributed by atoms with van der Waals surface area (Å²) >= 11 is 0. The van der Waals surface area contributed by atoms with Crippen molar-refractivity contribution in [1.29, 1.82) is 0 Å². The molecule has 2 aliphatic carbocycles. The monoisotopic (exact) mass is 414 g/mol. The molecule has 5 atom stereocenters. The van der Waals surface area contributed by atoms with Crippen LogP contribution in [0.1, 0.15) is 66.3 Å². The maximum atomic E-state index is 10.4. The van der Waals surface area contributed by atoms with Crippen molar-refractivity contribution in [2.45, 2.75) is 52.4 Å². The van der Waals surface area contributed by atoms with Gasteiger partial charge in [0.25, 0.3) is 0 Å². The van der Waals surface area contributed by atoms with Gasteiger partial charge in [0.15, 0.2) is 0 Å². The van der Waals surface area contributed by atoms with E-state index in [2.05, 4.69) is 48.5 Å². The van der Waals surface area contributed by atoms with Gasteiger partial charge in [-0.3, -0.25) is 0 Å². The molecule has 5 rings (SSSR count). The van der Waals surface area contributed by atoms with Crippen LogP contribution < -0.4 is 0 Å². The number of aryl methyl sites for hydroxylation is 2. The molecule has 5 unspecified atom stereocenters. The summed E-state index contributed by atoms with van der Waals surface area (Å²) in [5.41, 5.74) is 5.77. The molecule has 162 valence electrons. The molecule has 3 aromatic rings. The Morgan fingerprint density at radius 3 is 2.06 bits per heavy atom. The Morgan fingerprint density at radius 1 is 0.710 bits per heavy atom. The molecule has 0 heterocycles. The zero-order valence-electron chi connectivity index (χ0n) is 17.8. The Kier molecular flexibility index (Phi) is 5.83. The van der Waals surface area contributed by atoms with Crippen LogP contribution in [0.15, 0.2) is 66.7 Å². The second-order valence-electron chi connectivity index (χ2n) is 9.48. The number of phenolic OH excluding ortho intramolecular Hbond substituents is 2.